The van der Waals surface area contributed by atoms with E-state index in [-0.39, 0.29) is 25.6 Å². The summed E-state index contributed by atoms with van der Waals surface area (Å²) in [6.07, 6.45) is 3.70. The number of aromatic nitrogens is 3. The van der Waals surface area contributed by atoms with Crippen LogP contribution in [0.15, 0.2) is 12.7 Å². The number of nitrogens with zero attached hydrogens (tertiary/aromatic N) is 6. The maximum absolute atomic E-state index is 13.8. The molecule has 0 aromatic carbocycles. The molecule has 4 atom stereocenters. The molecule has 1 saturated heterocycles. The molecule has 164 valence electrons. The maximum Gasteiger partial charge on any atom is 0.411 e. The summed E-state index contributed by atoms with van der Waals surface area (Å²) in [7, 11) is 0. The van der Waals surface area contributed by atoms with Crippen LogP contribution >= 0.6 is 0 Å². The van der Waals surface area contributed by atoms with Crippen LogP contribution in [0.1, 0.15) is 46.5 Å². The Bertz CT molecular complexity index is 787. The Labute approximate surface area is 175 Å². The Morgan fingerprint density at radius 3 is 2.73 bits per heavy atom. The number of likely N-dealkylation sites (tertiary alicyclic amines) is 1. The zero-order valence-corrected chi connectivity index (χ0v) is 17.7. The van der Waals surface area contributed by atoms with Gasteiger partial charge in [-0.05, 0) is 46.0 Å². The minimum Gasteiger partial charge on any atom is -0.444 e. The Hall–Kier alpha value is -2.70. The summed E-state index contributed by atoms with van der Waals surface area (Å²) in [5.41, 5.74) is -0.704. The van der Waals surface area contributed by atoms with Gasteiger partial charge in [-0.1, -0.05) is 0 Å². The van der Waals surface area contributed by atoms with Gasteiger partial charge in [0.05, 0.1) is 12.6 Å². The lowest BCUT2D eigenvalue weighted by Gasteiger charge is -2.33. The topological polar surface area (TPSA) is 104 Å². The highest BCUT2D eigenvalue weighted by Crippen LogP contribution is 2.32. The number of amides is 2. The summed E-state index contributed by atoms with van der Waals surface area (Å²) in [5, 5.41) is 13.4. The average molecular weight is 420 g/mol. The predicted molar refractivity (Wildman–Crippen MR) is 105 cm³/mol. The standard InChI is InChI=1S/C20H29FN6O3/c1-20(2,3)30-19(29)27(11-18(28)26-10-15(21)7-17(26)8-22)16-5-4-14(6-16)9-25-13-23-12-24-25/h12-17H,4-7,9-11H2,1-3H3/t14-,15-,16+,17-/m0/s1. The quantitative estimate of drug-likeness (QED) is 0.723. The van der Waals surface area contributed by atoms with Crippen molar-refractivity contribution in [2.24, 2.45) is 5.92 Å². The van der Waals surface area contributed by atoms with Gasteiger partial charge < -0.3 is 9.64 Å². The van der Waals surface area contributed by atoms with E-state index < -0.39 is 29.8 Å². The molecular weight excluding hydrogens is 391 g/mol. The van der Waals surface area contributed by atoms with Gasteiger partial charge in [-0.15, -0.1) is 0 Å². The van der Waals surface area contributed by atoms with Crippen LogP contribution in [0.25, 0.3) is 0 Å². The molecule has 1 saturated carbocycles. The van der Waals surface area contributed by atoms with E-state index >= 15 is 0 Å². The van der Waals surface area contributed by atoms with Crippen LogP contribution in [-0.4, -0.2) is 73.5 Å². The molecule has 2 aliphatic rings. The molecule has 9 nitrogen and oxygen atoms in total. The van der Waals surface area contributed by atoms with E-state index in [1.165, 1.54) is 16.1 Å². The van der Waals surface area contributed by atoms with Crippen LogP contribution in [0.4, 0.5) is 9.18 Å². The molecule has 30 heavy (non-hydrogen) atoms. The Balaban J connectivity index is 1.70. The van der Waals surface area contributed by atoms with Crippen LogP contribution in [0.3, 0.4) is 0 Å². The molecule has 10 heteroatoms. The highest BCUT2D eigenvalue weighted by atomic mass is 19.1. The van der Waals surface area contributed by atoms with Crippen LogP contribution in [-0.2, 0) is 16.1 Å². The first-order chi connectivity index (χ1) is 14.2. The minimum atomic E-state index is -1.22. The van der Waals surface area contributed by atoms with Crippen molar-refractivity contribution in [1.29, 1.82) is 5.26 Å². The van der Waals surface area contributed by atoms with Crippen molar-refractivity contribution in [3.05, 3.63) is 12.7 Å². The number of nitriles is 1. The van der Waals surface area contributed by atoms with E-state index in [0.717, 1.165) is 12.8 Å². The summed E-state index contributed by atoms with van der Waals surface area (Å²) < 4.78 is 21.1. The minimum absolute atomic E-state index is 0.0120. The fraction of sp³-hybridized carbons (Fsp3) is 0.750. The molecule has 1 aliphatic heterocycles. The second-order valence-corrected chi connectivity index (χ2v) is 9.08. The summed E-state index contributed by atoms with van der Waals surface area (Å²) in [5.74, 6) is -0.127. The van der Waals surface area contributed by atoms with Gasteiger partial charge >= 0.3 is 6.09 Å². The third kappa shape index (κ3) is 5.46. The predicted octanol–water partition coefficient (Wildman–Crippen LogP) is 2.15. The summed E-state index contributed by atoms with van der Waals surface area (Å²) in [6.45, 7) is 5.67. The van der Waals surface area contributed by atoms with Crippen molar-refractivity contribution in [3.8, 4) is 6.07 Å². The van der Waals surface area contributed by atoms with Crippen molar-refractivity contribution < 1.29 is 18.7 Å². The van der Waals surface area contributed by atoms with Gasteiger partial charge in [0.25, 0.3) is 0 Å². The Morgan fingerprint density at radius 2 is 2.10 bits per heavy atom. The van der Waals surface area contributed by atoms with Crippen molar-refractivity contribution in [2.45, 2.75) is 76.9 Å². The number of halogens is 1. The lowest BCUT2D eigenvalue weighted by Crippen LogP contribution is -2.49. The van der Waals surface area contributed by atoms with Gasteiger partial charge in [0.2, 0.25) is 5.91 Å². The molecule has 2 amide bonds. The zero-order valence-electron chi connectivity index (χ0n) is 17.7. The number of carbonyl (C=O) groups excluding carboxylic acids is 2. The zero-order chi connectivity index (χ0) is 21.9. The number of rotatable bonds is 5. The van der Waals surface area contributed by atoms with Crippen LogP contribution < -0.4 is 0 Å². The molecule has 3 rings (SSSR count). The number of carbonyl (C=O) groups is 2. The first-order valence-electron chi connectivity index (χ1n) is 10.3. The van der Waals surface area contributed by atoms with Crippen molar-refractivity contribution in [3.63, 3.8) is 0 Å². The Morgan fingerprint density at radius 1 is 1.33 bits per heavy atom. The molecule has 1 aromatic rings. The van der Waals surface area contributed by atoms with Gasteiger partial charge in [0.15, 0.2) is 0 Å². The molecule has 0 bridgehead atoms. The lowest BCUT2D eigenvalue weighted by atomic mass is 10.1. The number of alkyl halides is 1. The molecule has 2 heterocycles. The van der Waals surface area contributed by atoms with E-state index in [1.54, 1.807) is 31.8 Å². The first kappa shape index (κ1) is 22.0. The maximum atomic E-state index is 13.8. The molecule has 0 unspecified atom stereocenters. The fourth-order valence-corrected chi connectivity index (χ4v) is 4.17. The number of hydrogen-bond acceptors (Lipinski definition) is 6. The van der Waals surface area contributed by atoms with Gasteiger partial charge in [0.1, 0.15) is 37.0 Å². The van der Waals surface area contributed by atoms with Gasteiger partial charge in [-0.25, -0.2) is 14.2 Å². The summed E-state index contributed by atoms with van der Waals surface area (Å²) in [6, 6.07) is 1.02. The molecule has 0 spiro atoms. The summed E-state index contributed by atoms with van der Waals surface area (Å²) in [4.78, 5) is 32.4. The second-order valence-electron chi connectivity index (χ2n) is 9.08. The van der Waals surface area contributed by atoms with Crippen molar-refractivity contribution >= 4 is 12.0 Å². The largest absolute Gasteiger partial charge is 0.444 e. The molecule has 1 aromatic heterocycles. The monoisotopic (exact) mass is 420 g/mol. The second kappa shape index (κ2) is 8.98. The average Bonchev–Trinajstić information content (AvgIpc) is 3.39. The van der Waals surface area contributed by atoms with Gasteiger partial charge in [0, 0.05) is 19.0 Å². The van der Waals surface area contributed by atoms with E-state index in [9.17, 15) is 19.2 Å². The number of hydrogen-bond donors (Lipinski definition) is 0. The van der Waals surface area contributed by atoms with Crippen molar-refractivity contribution in [1.82, 2.24) is 24.6 Å². The molecule has 0 N–H and O–H groups in total. The third-order valence-corrected chi connectivity index (χ3v) is 5.52. The van der Waals surface area contributed by atoms with E-state index in [4.69, 9.17) is 4.74 Å². The van der Waals surface area contributed by atoms with E-state index in [2.05, 4.69) is 10.1 Å². The molecule has 2 fully saturated rings. The molecular formula is C20H29FN6O3. The normalized spacial score (nSPS) is 26.4. The highest BCUT2D eigenvalue weighted by molar-refractivity contribution is 5.83. The number of ether oxygens (including phenoxy) is 1. The lowest BCUT2D eigenvalue weighted by molar-refractivity contribution is -0.133. The summed E-state index contributed by atoms with van der Waals surface area (Å²) >= 11 is 0. The van der Waals surface area contributed by atoms with Crippen molar-refractivity contribution in [2.75, 3.05) is 13.1 Å². The van der Waals surface area contributed by atoms with Gasteiger partial charge in [-0.2, -0.15) is 10.4 Å². The SMILES string of the molecule is CC(C)(C)OC(=O)N(CC(=O)N1C[C@@H](F)C[C@H]1C#N)[C@@H]1CC[C@H](Cn2cncn2)C1. The van der Waals surface area contributed by atoms with E-state index in [0.29, 0.717) is 18.9 Å². The first-order valence-corrected chi connectivity index (χ1v) is 10.3. The van der Waals surface area contributed by atoms with E-state index in [1.807, 2.05) is 6.07 Å². The smallest absolute Gasteiger partial charge is 0.411 e. The van der Waals surface area contributed by atoms with Crippen LogP contribution in [0.5, 0.6) is 0 Å². The van der Waals surface area contributed by atoms with Gasteiger partial charge in [-0.3, -0.25) is 14.4 Å². The molecule has 0 radical (unpaired) electrons. The highest BCUT2D eigenvalue weighted by Gasteiger charge is 2.40. The molecule has 1 aliphatic carbocycles. The van der Waals surface area contributed by atoms with Crippen LogP contribution in [0, 0.1) is 17.2 Å². The fourth-order valence-electron chi connectivity index (χ4n) is 4.17. The third-order valence-electron chi connectivity index (χ3n) is 5.52. The van der Waals surface area contributed by atoms with Crippen LogP contribution in [0.2, 0.25) is 0 Å². The Kier molecular flexibility index (Phi) is 6.58.